The lowest BCUT2D eigenvalue weighted by Gasteiger charge is -2.14. The van der Waals surface area contributed by atoms with Crippen LogP contribution in [0.1, 0.15) is 32.0 Å². The molecule has 0 aliphatic carbocycles. The molecule has 0 atom stereocenters. The molecule has 0 amide bonds. The summed E-state index contributed by atoms with van der Waals surface area (Å²) in [6, 6.07) is 3.95. The lowest BCUT2D eigenvalue weighted by atomic mass is 10.2. The Kier molecular flexibility index (Phi) is 4.74. The predicted octanol–water partition coefficient (Wildman–Crippen LogP) is 1.92. The maximum atomic E-state index is 12.2. The summed E-state index contributed by atoms with van der Waals surface area (Å²) in [5.41, 5.74) is 2.04. The van der Waals surface area contributed by atoms with Crippen molar-refractivity contribution in [3.63, 3.8) is 0 Å². The zero-order valence-corrected chi connectivity index (χ0v) is 10.7. The van der Waals surface area contributed by atoms with Gasteiger partial charge in [-0.2, -0.15) is 0 Å². The minimum Gasteiger partial charge on any atom is -0.313 e. The molecule has 0 aliphatic rings. The van der Waals surface area contributed by atoms with Gasteiger partial charge < -0.3 is 9.88 Å². The first-order valence-corrected chi connectivity index (χ1v) is 5.96. The van der Waals surface area contributed by atoms with E-state index in [0.717, 1.165) is 24.3 Å². The van der Waals surface area contributed by atoms with E-state index in [0.29, 0.717) is 12.5 Å². The molecule has 0 radical (unpaired) electrons. The smallest absolute Gasteiger partial charge is 0.255 e. The molecule has 1 aromatic heterocycles. The van der Waals surface area contributed by atoms with E-state index in [1.54, 1.807) is 0 Å². The van der Waals surface area contributed by atoms with E-state index >= 15 is 0 Å². The van der Waals surface area contributed by atoms with E-state index in [2.05, 4.69) is 19.2 Å². The highest BCUT2D eigenvalue weighted by Crippen LogP contribution is 2.03. The zero-order chi connectivity index (χ0) is 12.1. The number of rotatable bonds is 5. The maximum Gasteiger partial charge on any atom is 0.255 e. The highest BCUT2D eigenvalue weighted by Gasteiger charge is 2.07. The van der Waals surface area contributed by atoms with Gasteiger partial charge in [0, 0.05) is 24.3 Å². The predicted molar refractivity (Wildman–Crippen MR) is 67.7 cm³/mol. The fourth-order valence-corrected chi connectivity index (χ4v) is 1.70. The van der Waals surface area contributed by atoms with Gasteiger partial charge in [0.25, 0.3) is 5.56 Å². The summed E-state index contributed by atoms with van der Waals surface area (Å²) in [6.07, 6.45) is 0. The molecule has 0 bridgehead atoms. The largest absolute Gasteiger partial charge is 0.313 e. The third-order valence-electron chi connectivity index (χ3n) is 2.58. The van der Waals surface area contributed by atoms with Crippen LogP contribution < -0.4 is 10.9 Å². The van der Waals surface area contributed by atoms with Crippen LogP contribution in [0.4, 0.5) is 0 Å². The Labute approximate surface area is 97.5 Å². The van der Waals surface area contributed by atoms with Gasteiger partial charge in [-0.15, -0.1) is 0 Å². The molecule has 3 heteroatoms. The van der Waals surface area contributed by atoms with Crippen LogP contribution in [0.25, 0.3) is 0 Å². The van der Waals surface area contributed by atoms with Gasteiger partial charge in [-0.1, -0.05) is 26.8 Å². The van der Waals surface area contributed by atoms with Crippen molar-refractivity contribution in [2.75, 3.05) is 6.54 Å². The van der Waals surface area contributed by atoms with Crippen molar-refractivity contribution >= 4 is 0 Å². The fourth-order valence-electron chi connectivity index (χ4n) is 1.70. The standard InChI is InChI=1S/C13H22N2O/c1-5-14-8-12-7-6-11(4)15(13(12)16)9-10(2)3/h6-7,10,14H,5,8-9H2,1-4H3. The minimum atomic E-state index is 0.148. The van der Waals surface area contributed by atoms with Crippen molar-refractivity contribution in [3.8, 4) is 0 Å². The highest BCUT2D eigenvalue weighted by molar-refractivity contribution is 5.15. The van der Waals surface area contributed by atoms with Gasteiger partial charge in [0.1, 0.15) is 0 Å². The Morgan fingerprint density at radius 2 is 2.06 bits per heavy atom. The fraction of sp³-hybridized carbons (Fsp3) is 0.615. The van der Waals surface area contributed by atoms with Gasteiger partial charge in [0.2, 0.25) is 0 Å². The number of pyridine rings is 1. The molecule has 90 valence electrons. The quantitative estimate of drug-likeness (QED) is 0.826. The first kappa shape index (κ1) is 13.0. The summed E-state index contributed by atoms with van der Waals surface area (Å²) in [5, 5.41) is 3.19. The molecule has 1 N–H and O–H groups in total. The van der Waals surface area contributed by atoms with Crippen LogP contribution in [-0.2, 0) is 13.1 Å². The number of aromatic nitrogens is 1. The minimum absolute atomic E-state index is 0.148. The van der Waals surface area contributed by atoms with Gasteiger partial charge in [-0.25, -0.2) is 0 Å². The summed E-state index contributed by atoms with van der Waals surface area (Å²) in [6.45, 7) is 10.6. The van der Waals surface area contributed by atoms with E-state index < -0.39 is 0 Å². The van der Waals surface area contributed by atoms with Gasteiger partial charge in [-0.3, -0.25) is 4.79 Å². The third-order valence-corrected chi connectivity index (χ3v) is 2.58. The number of nitrogens with zero attached hydrogens (tertiary/aromatic N) is 1. The maximum absolute atomic E-state index is 12.2. The van der Waals surface area contributed by atoms with Crippen LogP contribution in [0, 0.1) is 12.8 Å². The van der Waals surface area contributed by atoms with Gasteiger partial charge in [0.05, 0.1) is 0 Å². The Bertz CT molecular complexity index is 393. The summed E-state index contributed by atoms with van der Waals surface area (Å²) in [7, 11) is 0. The second kappa shape index (κ2) is 5.85. The molecule has 1 heterocycles. The van der Waals surface area contributed by atoms with Gasteiger partial charge >= 0.3 is 0 Å². The molecule has 0 unspecified atom stereocenters. The average Bonchev–Trinajstić information content (AvgIpc) is 2.23. The molecule has 1 rings (SSSR count). The van der Waals surface area contributed by atoms with Crippen LogP contribution in [-0.4, -0.2) is 11.1 Å². The number of hydrogen-bond donors (Lipinski definition) is 1. The van der Waals surface area contributed by atoms with E-state index in [1.165, 1.54) is 0 Å². The van der Waals surface area contributed by atoms with Crippen LogP contribution in [0.15, 0.2) is 16.9 Å². The van der Waals surface area contributed by atoms with Crippen molar-refractivity contribution in [1.29, 1.82) is 0 Å². The molecule has 1 aromatic rings. The number of aryl methyl sites for hydroxylation is 1. The van der Waals surface area contributed by atoms with Crippen LogP contribution in [0.2, 0.25) is 0 Å². The van der Waals surface area contributed by atoms with E-state index in [-0.39, 0.29) is 5.56 Å². The Hall–Kier alpha value is -1.09. The first-order valence-electron chi connectivity index (χ1n) is 5.96. The number of nitrogens with one attached hydrogen (secondary N) is 1. The Morgan fingerprint density at radius 1 is 1.38 bits per heavy atom. The Balaban J connectivity index is 3.02. The van der Waals surface area contributed by atoms with Crippen molar-refractivity contribution in [3.05, 3.63) is 33.7 Å². The first-order chi connectivity index (χ1) is 7.56. The molecule has 0 aliphatic heterocycles. The third kappa shape index (κ3) is 3.20. The molecule has 0 spiro atoms. The van der Waals surface area contributed by atoms with E-state index in [4.69, 9.17) is 0 Å². The van der Waals surface area contributed by atoms with Gasteiger partial charge in [-0.05, 0) is 25.5 Å². The number of hydrogen-bond acceptors (Lipinski definition) is 2. The summed E-state index contributed by atoms with van der Waals surface area (Å²) in [4.78, 5) is 12.2. The second-order valence-corrected chi connectivity index (χ2v) is 4.59. The molecule has 3 nitrogen and oxygen atoms in total. The normalized spacial score (nSPS) is 11.1. The van der Waals surface area contributed by atoms with Gasteiger partial charge in [0.15, 0.2) is 0 Å². The topological polar surface area (TPSA) is 34.0 Å². The average molecular weight is 222 g/mol. The van der Waals surface area contributed by atoms with Crippen molar-refractivity contribution < 1.29 is 0 Å². The van der Waals surface area contributed by atoms with Crippen molar-refractivity contribution in [2.45, 2.75) is 40.8 Å². The molecule has 0 aromatic carbocycles. The second-order valence-electron chi connectivity index (χ2n) is 4.59. The summed E-state index contributed by atoms with van der Waals surface area (Å²) < 4.78 is 1.87. The molecular formula is C13H22N2O. The van der Waals surface area contributed by atoms with Crippen LogP contribution in [0.3, 0.4) is 0 Å². The monoisotopic (exact) mass is 222 g/mol. The summed E-state index contributed by atoms with van der Waals surface area (Å²) >= 11 is 0. The molecule has 16 heavy (non-hydrogen) atoms. The van der Waals surface area contributed by atoms with Crippen LogP contribution >= 0.6 is 0 Å². The van der Waals surface area contributed by atoms with E-state index in [9.17, 15) is 4.79 Å². The van der Waals surface area contributed by atoms with Crippen molar-refractivity contribution in [2.24, 2.45) is 5.92 Å². The SMILES string of the molecule is CCNCc1ccc(C)n(CC(C)C)c1=O. The molecule has 0 fully saturated rings. The van der Waals surface area contributed by atoms with E-state index in [1.807, 2.05) is 30.5 Å². The Morgan fingerprint density at radius 3 is 2.62 bits per heavy atom. The molecular weight excluding hydrogens is 200 g/mol. The van der Waals surface area contributed by atoms with Crippen LogP contribution in [0.5, 0.6) is 0 Å². The zero-order valence-electron chi connectivity index (χ0n) is 10.7. The highest BCUT2D eigenvalue weighted by atomic mass is 16.1. The molecule has 0 saturated heterocycles. The van der Waals surface area contributed by atoms with Crippen molar-refractivity contribution in [1.82, 2.24) is 9.88 Å². The molecule has 0 saturated carbocycles. The lowest BCUT2D eigenvalue weighted by Crippen LogP contribution is -2.29. The summed E-state index contributed by atoms with van der Waals surface area (Å²) in [5.74, 6) is 0.491. The lowest BCUT2D eigenvalue weighted by molar-refractivity contribution is 0.498.